The molecule has 7 nitrogen and oxygen atoms in total. The van der Waals surface area contributed by atoms with Crippen molar-refractivity contribution in [3.05, 3.63) is 35.8 Å². The topological polar surface area (TPSA) is 84.4 Å². The van der Waals surface area contributed by atoms with E-state index >= 15 is 0 Å². The number of carboxylic acid groups (broad SMARTS) is 1. The van der Waals surface area contributed by atoms with Crippen LogP contribution in [0.15, 0.2) is 22.9 Å². The molecule has 7 heteroatoms. The van der Waals surface area contributed by atoms with Gasteiger partial charge in [-0.25, -0.2) is 4.98 Å². The predicted molar refractivity (Wildman–Crippen MR) is 78.4 cm³/mol. The highest BCUT2D eigenvalue weighted by molar-refractivity contribution is 5.66. The van der Waals surface area contributed by atoms with Crippen LogP contribution < -0.4 is 0 Å². The van der Waals surface area contributed by atoms with Crippen LogP contribution in [-0.4, -0.2) is 43.8 Å². The Morgan fingerprint density at radius 3 is 3.14 bits per heavy atom. The van der Waals surface area contributed by atoms with Gasteiger partial charge in [-0.15, -0.1) is 0 Å². The summed E-state index contributed by atoms with van der Waals surface area (Å²) in [6, 6.07) is 1.93. The van der Waals surface area contributed by atoms with Crippen molar-refractivity contribution in [1.29, 1.82) is 0 Å². The number of rotatable bonds is 5. The molecule has 0 aromatic carbocycles. The second-order valence-electron chi connectivity index (χ2n) is 5.76. The van der Waals surface area contributed by atoms with E-state index in [1.807, 2.05) is 13.0 Å². The summed E-state index contributed by atoms with van der Waals surface area (Å²) in [5.74, 6) is 0.161. The second kappa shape index (κ2) is 6.31. The van der Waals surface area contributed by atoms with Gasteiger partial charge >= 0.3 is 5.97 Å². The molecule has 0 unspecified atom stereocenters. The molecule has 0 bridgehead atoms. The number of aromatic nitrogens is 3. The van der Waals surface area contributed by atoms with Crippen molar-refractivity contribution in [2.75, 3.05) is 13.1 Å². The molecule has 0 saturated carbocycles. The van der Waals surface area contributed by atoms with Gasteiger partial charge in [-0.3, -0.25) is 14.4 Å². The number of nitrogens with zero attached hydrogens (tertiary/aromatic N) is 4. The quantitative estimate of drug-likeness (QED) is 0.904. The Labute approximate surface area is 128 Å². The maximum absolute atomic E-state index is 10.7. The Bertz CT molecular complexity index is 649. The lowest BCUT2D eigenvalue weighted by molar-refractivity contribution is -0.137. The van der Waals surface area contributed by atoms with Gasteiger partial charge in [-0.1, -0.05) is 0 Å². The van der Waals surface area contributed by atoms with Crippen molar-refractivity contribution < 1.29 is 14.3 Å². The Morgan fingerprint density at radius 1 is 1.55 bits per heavy atom. The van der Waals surface area contributed by atoms with Gasteiger partial charge in [0, 0.05) is 32.1 Å². The second-order valence-corrected chi connectivity index (χ2v) is 5.76. The average molecular weight is 304 g/mol. The highest BCUT2D eigenvalue weighted by Gasteiger charge is 2.24. The standard InChI is InChI=1S/C15H20N4O3/c1-11-16-13(10-22-11)8-18-5-2-3-12(7-18)14-4-6-19(17-14)9-15(20)21/h4,6,10,12H,2-3,5,7-9H2,1H3,(H,20,21)/t12-/m1/s1. The van der Waals surface area contributed by atoms with Crippen molar-refractivity contribution >= 4 is 5.97 Å². The van der Waals surface area contributed by atoms with E-state index in [9.17, 15) is 4.79 Å². The molecule has 2 aromatic heterocycles. The molecular weight excluding hydrogens is 284 g/mol. The number of aryl methyl sites for hydroxylation is 1. The summed E-state index contributed by atoms with van der Waals surface area (Å²) in [6.45, 7) is 4.49. The highest BCUT2D eigenvalue weighted by atomic mass is 16.4. The predicted octanol–water partition coefficient (Wildman–Crippen LogP) is 1.64. The first-order valence-corrected chi connectivity index (χ1v) is 7.48. The first-order valence-electron chi connectivity index (χ1n) is 7.48. The van der Waals surface area contributed by atoms with E-state index in [-0.39, 0.29) is 6.54 Å². The molecule has 1 aliphatic rings. The molecule has 1 N–H and O–H groups in total. The number of aliphatic carboxylic acids is 1. The van der Waals surface area contributed by atoms with Gasteiger partial charge in [0.15, 0.2) is 5.89 Å². The van der Waals surface area contributed by atoms with Crippen molar-refractivity contribution in [2.45, 2.75) is 38.8 Å². The highest BCUT2D eigenvalue weighted by Crippen LogP contribution is 2.26. The number of hydrogen-bond acceptors (Lipinski definition) is 5. The van der Waals surface area contributed by atoms with E-state index in [0.29, 0.717) is 11.8 Å². The molecule has 1 atom stereocenters. The molecule has 1 saturated heterocycles. The average Bonchev–Trinajstić information content (AvgIpc) is 3.08. The Balaban J connectivity index is 1.62. The summed E-state index contributed by atoms with van der Waals surface area (Å²) in [5, 5.41) is 13.2. The summed E-state index contributed by atoms with van der Waals surface area (Å²) < 4.78 is 6.73. The largest absolute Gasteiger partial charge is 0.480 e. The number of hydrogen-bond donors (Lipinski definition) is 1. The van der Waals surface area contributed by atoms with Crippen LogP contribution in [0.2, 0.25) is 0 Å². The van der Waals surface area contributed by atoms with Crippen LogP contribution in [0.25, 0.3) is 0 Å². The number of likely N-dealkylation sites (tertiary alicyclic amines) is 1. The van der Waals surface area contributed by atoms with E-state index < -0.39 is 5.97 Å². The minimum Gasteiger partial charge on any atom is -0.480 e. The maximum atomic E-state index is 10.7. The third-order valence-electron chi connectivity index (χ3n) is 3.93. The fourth-order valence-electron chi connectivity index (χ4n) is 2.97. The Kier molecular flexibility index (Phi) is 4.24. The summed E-state index contributed by atoms with van der Waals surface area (Å²) in [5.41, 5.74) is 1.93. The summed E-state index contributed by atoms with van der Waals surface area (Å²) >= 11 is 0. The summed E-state index contributed by atoms with van der Waals surface area (Å²) in [7, 11) is 0. The third-order valence-corrected chi connectivity index (χ3v) is 3.93. The van der Waals surface area contributed by atoms with Crippen LogP contribution in [-0.2, 0) is 17.9 Å². The van der Waals surface area contributed by atoms with E-state index in [1.165, 1.54) is 4.68 Å². The molecule has 1 fully saturated rings. The summed E-state index contributed by atoms with van der Waals surface area (Å²) in [4.78, 5) is 17.4. The first-order chi connectivity index (χ1) is 10.6. The van der Waals surface area contributed by atoms with Crippen LogP contribution in [0.5, 0.6) is 0 Å². The van der Waals surface area contributed by atoms with Gasteiger partial charge < -0.3 is 9.52 Å². The van der Waals surface area contributed by atoms with E-state index in [2.05, 4.69) is 15.0 Å². The number of oxazole rings is 1. The van der Waals surface area contributed by atoms with Crippen LogP contribution in [0.4, 0.5) is 0 Å². The van der Waals surface area contributed by atoms with Gasteiger partial charge in [0.05, 0.1) is 11.4 Å². The van der Waals surface area contributed by atoms with Crippen LogP contribution in [0.1, 0.15) is 36.0 Å². The summed E-state index contributed by atoms with van der Waals surface area (Å²) in [6.07, 6.45) is 5.63. The van der Waals surface area contributed by atoms with E-state index in [4.69, 9.17) is 9.52 Å². The van der Waals surface area contributed by atoms with Crippen molar-refractivity contribution in [2.24, 2.45) is 0 Å². The number of carbonyl (C=O) groups is 1. The Morgan fingerprint density at radius 2 is 2.41 bits per heavy atom. The van der Waals surface area contributed by atoms with Gasteiger partial charge in [-0.05, 0) is 25.5 Å². The minimum atomic E-state index is -0.874. The molecule has 3 heterocycles. The van der Waals surface area contributed by atoms with Gasteiger partial charge in [-0.2, -0.15) is 5.10 Å². The fraction of sp³-hybridized carbons (Fsp3) is 0.533. The maximum Gasteiger partial charge on any atom is 0.325 e. The first kappa shape index (κ1) is 14.8. The van der Waals surface area contributed by atoms with E-state index in [0.717, 1.165) is 43.9 Å². The zero-order chi connectivity index (χ0) is 15.5. The molecule has 0 radical (unpaired) electrons. The molecular formula is C15H20N4O3. The van der Waals surface area contributed by atoms with Gasteiger partial charge in [0.1, 0.15) is 12.8 Å². The number of piperidine rings is 1. The Hall–Kier alpha value is -2.15. The van der Waals surface area contributed by atoms with Crippen molar-refractivity contribution in [3.63, 3.8) is 0 Å². The molecule has 0 aliphatic carbocycles. The lowest BCUT2D eigenvalue weighted by Gasteiger charge is -2.31. The monoisotopic (exact) mass is 304 g/mol. The van der Waals surface area contributed by atoms with Crippen LogP contribution in [0.3, 0.4) is 0 Å². The van der Waals surface area contributed by atoms with Crippen LogP contribution in [0, 0.1) is 6.92 Å². The lowest BCUT2D eigenvalue weighted by Crippen LogP contribution is -2.34. The molecule has 118 valence electrons. The molecule has 3 rings (SSSR count). The fourth-order valence-corrected chi connectivity index (χ4v) is 2.97. The van der Waals surface area contributed by atoms with Crippen molar-refractivity contribution in [3.8, 4) is 0 Å². The SMILES string of the molecule is Cc1nc(CN2CCC[C@@H](c3ccn(CC(=O)O)n3)C2)co1. The zero-order valence-electron chi connectivity index (χ0n) is 12.6. The number of carboxylic acids is 1. The van der Waals surface area contributed by atoms with Gasteiger partial charge in [0.25, 0.3) is 0 Å². The van der Waals surface area contributed by atoms with Crippen LogP contribution >= 0.6 is 0 Å². The third kappa shape index (κ3) is 3.54. The van der Waals surface area contributed by atoms with Crippen molar-refractivity contribution in [1.82, 2.24) is 19.7 Å². The molecule has 1 aliphatic heterocycles. The minimum absolute atomic E-state index is 0.0886. The van der Waals surface area contributed by atoms with E-state index in [1.54, 1.807) is 12.5 Å². The lowest BCUT2D eigenvalue weighted by atomic mass is 9.95. The molecule has 2 aromatic rings. The molecule has 0 spiro atoms. The van der Waals surface area contributed by atoms with Gasteiger partial charge in [0.2, 0.25) is 0 Å². The molecule has 0 amide bonds. The normalized spacial score (nSPS) is 19.4. The molecule has 22 heavy (non-hydrogen) atoms. The smallest absolute Gasteiger partial charge is 0.325 e. The zero-order valence-corrected chi connectivity index (χ0v) is 12.6.